The minimum atomic E-state index is -1.81. The molecule has 9 nitrogen and oxygen atoms in total. The fourth-order valence-corrected chi connectivity index (χ4v) is 2.37. The molecular weight excluding hydrogens is 270 g/mol. The van der Waals surface area contributed by atoms with Crippen LogP contribution in [0.5, 0.6) is 0 Å². The third kappa shape index (κ3) is 2.23. The highest BCUT2D eigenvalue weighted by atomic mass is 16.4. The monoisotopic (exact) mass is 283 g/mol. The highest BCUT2D eigenvalue weighted by Gasteiger charge is 2.50. The minimum absolute atomic E-state index is 0.0623. The van der Waals surface area contributed by atoms with Crippen molar-refractivity contribution in [1.82, 2.24) is 15.3 Å². The van der Waals surface area contributed by atoms with E-state index in [0.717, 1.165) is 0 Å². The van der Waals surface area contributed by atoms with Crippen LogP contribution in [0.2, 0.25) is 0 Å². The molecule has 0 aliphatic carbocycles. The summed E-state index contributed by atoms with van der Waals surface area (Å²) in [4.78, 5) is 40.1. The predicted molar refractivity (Wildman–Crippen MR) is 63.0 cm³/mol. The smallest absolute Gasteiger partial charge is 0.330 e. The van der Waals surface area contributed by atoms with Crippen LogP contribution in [0.4, 0.5) is 0 Å². The number of carboxylic acids is 3. The second kappa shape index (κ2) is 4.93. The van der Waals surface area contributed by atoms with Gasteiger partial charge in [0, 0.05) is 18.5 Å². The first kappa shape index (κ1) is 14.0. The summed E-state index contributed by atoms with van der Waals surface area (Å²) < 4.78 is 0. The van der Waals surface area contributed by atoms with Crippen LogP contribution in [-0.4, -0.2) is 49.2 Å². The van der Waals surface area contributed by atoms with Crippen molar-refractivity contribution in [3.63, 3.8) is 0 Å². The van der Waals surface area contributed by atoms with Crippen LogP contribution in [0, 0.1) is 0 Å². The van der Waals surface area contributed by atoms with Gasteiger partial charge >= 0.3 is 17.9 Å². The highest BCUT2D eigenvalue weighted by molar-refractivity contribution is 5.84. The zero-order valence-electron chi connectivity index (χ0n) is 10.3. The van der Waals surface area contributed by atoms with Crippen LogP contribution < -0.4 is 5.32 Å². The Hall–Kier alpha value is -2.42. The second-order valence-electron chi connectivity index (χ2n) is 4.57. The Morgan fingerprint density at radius 3 is 2.60 bits per heavy atom. The van der Waals surface area contributed by atoms with Crippen molar-refractivity contribution in [2.45, 2.75) is 30.8 Å². The molecule has 1 aromatic rings. The molecule has 0 aromatic carbocycles. The summed E-state index contributed by atoms with van der Waals surface area (Å²) in [6.07, 6.45) is 0.624. The molecule has 1 aromatic heterocycles. The van der Waals surface area contributed by atoms with Crippen LogP contribution in [0.25, 0.3) is 0 Å². The van der Waals surface area contributed by atoms with E-state index in [2.05, 4.69) is 15.3 Å². The Morgan fingerprint density at radius 1 is 1.35 bits per heavy atom. The Labute approximate surface area is 112 Å². The lowest BCUT2D eigenvalue weighted by Crippen LogP contribution is -2.60. The number of carboxylic acid groups (broad SMARTS) is 3. The van der Waals surface area contributed by atoms with E-state index in [1.165, 1.54) is 6.33 Å². The Kier molecular flexibility index (Phi) is 3.45. The van der Waals surface area contributed by atoms with Gasteiger partial charge in [-0.2, -0.15) is 0 Å². The second-order valence-corrected chi connectivity index (χ2v) is 4.57. The summed E-state index contributed by atoms with van der Waals surface area (Å²) in [5.74, 6) is -3.72. The lowest BCUT2D eigenvalue weighted by atomic mass is 9.82. The van der Waals surface area contributed by atoms with Gasteiger partial charge in [-0.15, -0.1) is 0 Å². The van der Waals surface area contributed by atoms with E-state index in [1.54, 1.807) is 0 Å². The Balaban J connectivity index is 2.45. The van der Waals surface area contributed by atoms with Crippen molar-refractivity contribution in [2.24, 2.45) is 0 Å². The number of aliphatic carboxylic acids is 3. The van der Waals surface area contributed by atoms with Crippen molar-refractivity contribution in [3.05, 3.63) is 17.7 Å². The molecule has 0 saturated heterocycles. The molecule has 5 N–H and O–H groups in total. The molecule has 20 heavy (non-hydrogen) atoms. The number of rotatable bonds is 5. The van der Waals surface area contributed by atoms with Gasteiger partial charge in [0.05, 0.1) is 12.0 Å². The molecule has 108 valence electrons. The summed E-state index contributed by atoms with van der Waals surface area (Å²) in [7, 11) is 0. The van der Waals surface area contributed by atoms with Gasteiger partial charge in [-0.25, -0.2) is 9.78 Å². The summed E-state index contributed by atoms with van der Waals surface area (Å²) in [6, 6.07) is -1.12. The summed E-state index contributed by atoms with van der Waals surface area (Å²) >= 11 is 0. The van der Waals surface area contributed by atoms with Gasteiger partial charge in [-0.3, -0.25) is 14.9 Å². The zero-order chi connectivity index (χ0) is 14.9. The molecule has 0 bridgehead atoms. The van der Waals surface area contributed by atoms with Crippen molar-refractivity contribution in [2.75, 3.05) is 0 Å². The van der Waals surface area contributed by atoms with E-state index in [4.69, 9.17) is 10.2 Å². The molecule has 0 amide bonds. The van der Waals surface area contributed by atoms with Crippen LogP contribution in [-0.2, 0) is 26.3 Å². The average Bonchev–Trinajstić information content (AvgIpc) is 2.83. The van der Waals surface area contributed by atoms with Crippen LogP contribution in [0.15, 0.2) is 6.33 Å². The van der Waals surface area contributed by atoms with Gasteiger partial charge in [0.1, 0.15) is 6.04 Å². The predicted octanol–water partition coefficient (Wildman–Crippen LogP) is -0.847. The first-order valence-electron chi connectivity index (χ1n) is 5.85. The molecule has 1 aliphatic heterocycles. The topological polar surface area (TPSA) is 153 Å². The van der Waals surface area contributed by atoms with Crippen LogP contribution >= 0.6 is 0 Å². The van der Waals surface area contributed by atoms with Gasteiger partial charge in [0.25, 0.3) is 0 Å². The molecule has 9 heteroatoms. The molecule has 2 atom stereocenters. The number of carbonyl (C=O) groups is 3. The number of hydrogen-bond donors (Lipinski definition) is 5. The van der Waals surface area contributed by atoms with Gasteiger partial charge in [0.2, 0.25) is 0 Å². The van der Waals surface area contributed by atoms with E-state index in [9.17, 15) is 19.5 Å². The Bertz CT molecular complexity index is 568. The lowest BCUT2D eigenvalue weighted by Gasteiger charge is -2.36. The van der Waals surface area contributed by atoms with E-state index in [1.807, 2.05) is 0 Å². The number of aromatic nitrogens is 2. The molecular formula is C11H13N3O6. The van der Waals surface area contributed by atoms with Crippen molar-refractivity contribution in [1.29, 1.82) is 0 Å². The first-order valence-corrected chi connectivity index (χ1v) is 5.85. The first-order chi connectivity index (χ1) is 9.36. The number of imidazole rings is 1. The molecule has 0 spiro atoms. The average molecular weight is 283 g/mol. The van der Waals surface area contributed by atoms with Crippen molar-refractivity contribution < 1.29 is 29.7 Å². The van der Waals surface area contributed by atoms with Gasteiger partial charge in [-0.1, -0.05) is 0 Å². The maximum atomic E-state index is 11.6. The van der Waals surface area contributed by atoms with E-state index in [-0.39, 0.29) is 18.5 Å². The molecule has 0 fully saturated rings. The van der Waals surface area contributed by atoms with E-state index < -0.39 is 35.9 Å². The van der Waals surface area contributed by atoms with Crippen molar-refractivity contribution >= 4 is 17.9 Å². The maximum Gasteiger partial charge on any atom is 0.330 e. The number of hydrogen-bond acceptors (Lipinski definition) is 5. The molecule has 1 aliphatic rings. The van der Waals surface area contributed by atoms with E-state index >= 15 is 0 Å². The molecule has 2 rings (SSSR count). The van der Waals surface area contributed by atoms with Gasteiger partial charge in [0.15, 0.2) is 5.54 Å². The number of H-pyrrole nitrogens is 1. The molecule has 0 unspecified atom stereocenters. The van der Waals surface area contributed by atoms with Crippen molar-refractivity contribution in [3.8, 4) is 0 Å². The summed E-state index contributed by atoms with van der Waals surface area (Å²) in [5.41, 5.74) is -1.28. The molecule has 2 heterocycles. The standard InChI is InChI=1S/C11H13N3O6/c15-7(16)1-2-11(10(19)20)8-5(12-4-13-8)3-6(14-11)9(17)18/h4,6,14H,1-3H2,(H,12,13)(H,15,16)(H,17,18)(H,19,20)/t6-,11-/m0/s1. The minimum Gasteiger partial charge on any atom is -0.481 e. The maximum absolute atomic E-state index is 11.6. The third-order valence-corrected chi connectivity index (χ3v) is 3.33. The SMILES string of the molecule is O=C(O)CC[C@]1(C(=O)O)N[C@H](C(=O)O)Cc2[nH]cnc21. The fourth-order valence-electron chi connectivity index (χ4n) is 2.37. The molecule has 0 radical (unpaired) electrons. The Morgan fingerprint density at radius 2 is 2.05 bits per heavy atom. The number of nitrogens with zero attached hydrogens (tertiary/aromatic N) is 1. The molecule has 0 saturated carbocycles. The largest absolute Gasteiger partial charge is 0.481 e. The van der Waals surface area contributed by atoms with Gasteiger partial charge in [-0.05, 0) is 6.42 Å². The van der Waals surface area contributed by atoms with Gasteiger partial charge < -0.3 is 20.3 Å². The third-order valence-electron chi connectivity index (χ3n) is 3.33. The highest BCUT2D eigenvalue weighted by Crippen LogP contribution is 2.33. The fraction of sp³-hybridized carbons (Fsp3) is 0.455. The van der Waals surface area contributed by atoms with E-state index in [0.29, 0.717) is 5.69 Å². The summed E-state index contributed by atoms with van der Waals surface area (Å²) in [6.45, 7) is 0. The lowest BCUT2D eigenvalue weighted by molar-refractivity contribution is -0.149. The quantitative estimate of drug-likeness (QED) is 0.468. The number of nitrogens with one attached hydrogen (secondary N) is 2. The van der Waals surface area contributed by atoms with Crippen LogP contribution in [0.1, 0.15) is 24.2 Å². The normalized spacial score (nSPS) is 24.9. The number of aromatic amines is 1. The zero-order valence-corrected chi connectivity index (χ0v) is 10.3. The number of fused-ring (bicyclic) bond motifs is 1. The van der Waals surface area contributed by atoms with Crippen LogP contribution in [0.3, 0.4) is 0 Å². The summed E-state index contributed by atoms with van der Waals surface area (Å²) in [5, 5.41) is 29.8.